The number of hydrogen-bond donors (Lipinski definition) is 3. The van der Waals surface area contributed by atoms with Gasteiger partial charge in [0.25, 0.3) is 0 Å². The van der Waals surface area contributed by atoms with Crippen LogP contribution in [0.2, 0.25) is 0 Å². The van der Waals surface area contributed by atoms with Gasteiger partial charge in [0.1, 0.15) is 0 Å². The Bertz CT molecular complexity index is 1350. The molecule has 1 aromatic rings. The lowest BCUT2D eigenvalue weighted by Gasteiger charge is -2.64. The van der Waals surface area contributed by atoms with Crippen molar-refractivity contribution in [1.29, 1.82) is 0 Å². The van der Waals surface area contributed by atoms with Crippen LogP contribution in [0, 0.1) is 84.4 Å². The van der Waals surface area contributed by atoms with Crippen LogP contribution in [0.3, 0.4) is 0 Å². The molecule has 16 atom stereocenters. The smallest absolute Gasteiger partial charge is 0.0861 e. The number of nitrogens with zero attached hydrogens (tertiary/aromatic N) is 1. The lowest BCUT2D eigenvalue weighted by atomic mass is 9.47. The molecule has 47 heavy (non-hydrogen) atoms. The van der Waals surface area contributed by atoms with E-state index < -0.39 is 5.60 Å². The molecule has 2 heterocycles. The van der Waals surface area contributed by atoms with E-state index in [1.807, 2.05) is 0 Å². The minimum Gasteiger partial charge on any atom is -0.393 e. The summed E-state index contributed by atoms with van der Waals surface area (Å²) in [4.78, 5) is 2.84. The van der Waals surface area contributed by atoms with Gasteiger partial charge >= 0.3 is 0 Å². The van der Waals surface area contributed by atoms with Gasteiger partial charge in [-0.3, -0.25) is 4.90 Å². The number of rotatable bonds is 3. The molecular formula is C43H63NO3. The maximum atomic E-state index is 13.7. The van der Waals surface area contributed by atoms with E-state index in [0.29, 0.717) is 65.2 Å². The zero-order chi connectivity index (χ0) is 32.2. The van der Waals surface area contributed by atoms with E-state index >= 15 is 0 Å². The average Bonchev–Trinajstić information content (AvgIpc) is 3.36. The molecule has 1 spiro atoms. The zero-order valence-corrected chi connectivity index (χ0v) is 29.6. The normalized spacial score (nSPS) is 52.1. The van der Waals surface area contributed by atoms with E-state index in [9.17, 15) is 15.3 Å². The maximum Gasteiger partial charge on any atom is 0.0861 e. The second-order valence-electron chi connectivity index (χ2n) is 19.0. The Morgan fingerprint density at radius 1 is 0.830 bits per heavy atom. The highest BCUT2D eigenvalue weighted by atomic mass is 16.3. The van der Waals surface area contributed by atoms with Gasteiger partial charge in [-0.05, 0) is 167 Å². The van der Waals surface area contributed by atoms with E-state index in [4.69, 9.17) is 0 Å². The molecule has 7 fully saturated rings. The molecule has 0 aromatic heterocycles. The number of piperidine rings is 2. The summed E-state index contributed by atoms with van der Waals surface area (Å²) in [5.41, 5.74) is 3.84. The second-order valence-corrected chi connectivity index (χ2v) is 19.0. The van der Waals surface area contributed by atoms with E-state index in [1.54, 1.807) is 0 Å². The Morgan fingerprint density at radius 2 is 1.66 bits per heavy atom. The molecule has 3 N–H and O–H groups in total. The fourth-order valence-corrected chi connectivity index (χ4v) is 15.4. The molecule has 4 heteroatoms. The van der Waals surface area contributed by atoms with Gasteiger partial charge in [-0.1, -0.05) is 61.2 Å². The molecule has 0 amide bonds. The molecule has 0 bridgehead atoms. The van der Waals surface area contributed by atoms with Gasteiger partial charge in [0, 0.05) is 19.1 Å². The zero-order valence-electron chi connectivity index (χ0n) is 29.6. The molecule has 4 nitrogen and oxygen atoms in total. The van der Waals surface area contributed by atoms with Gasteiger partial charge in [-0.25, -0.2) is 0 Å². The molecule has 8 aliphatic rings. The van der Waals surface area contributed by atoms with Crippen LogP contribution < -0.4 is 0 Å². The molecule has 258 valence electrons. The topological polar surface area (TPSA) is 63.9 Å². The monoisotopic (exact) mass is 641 g/mol. The van der Waals surface area contributed by atoms with Crippen LogP contribution in [0.25, 0.3) is 0 Å². The number of aliphatic hydroxyl groups excluding tert-OH is 2. The number of aryl methyl sites for hydroxylation is 2. The fraction of sp³-hybridized carbons (Fsp3) is 0.814. The summed E-state index contributed by atoms with van der Waals surface area (Å²) in [5, 5.41) is 36.1. The summed E-state index contributed by atoms with van der Waals surface area (Å²) in [5.74, 6) is 6.17. The lowest BCUT2D eigenvalue weighted by molar-refractivity contribution is -0.219. The number of fused-ring (bicyclic) bond motifs is 6. The molecule has 0 radical (unpaired) electrons. The first-order chi connectivity index (χ1) is 22.7. The van der Waals surface area contributed by atoms with E-state index in [0.717, 1.165) is 45.1 Å². The SMILES string of the molecule is Cc1cc(C)cc(C[C@H]2CCC[C@H]([C@@]3(O)[C@@H]4CC[C@@H]5[C@H]6C[C@H](O)[C@@H]7C[C@@H](O)CC[C@]78CC=CC([C@@H]5[C@@H]4CN4C[C@@H](C)CC[C@H]43)[C@@H]68)C2)c1. The Kier molecular flexibility index (Phi) is 7.89. The summed E-state index contributed by atoms with van der Waals surface area (Å²) < 4.78 is 0. The molecule has 6 aliphatic carbocycles. The summed E-state index contributed by atoms with van der Waals surface area (Å²) in [6, 6.07) is 7.44. The van der Waals surface area contributed by atoms with Crippen LogP contribution in [-0.2, 0) is 6.42 Å². The third-order valence-corrected chi connectivity index (χ3v) is 16.6. The lowest BCUT2D eigenvalue weighted by Crippen LogP contribution is -2.71. The number of benzene rings is 1. The Morgan fingerprint density at radius 3 is 2.49 bits per heavy atom. The summed E-state index contributed by atoms with van der Waals surface area (Å²) in [7, 11) is 0. The highest BCUT2D eigenvalue weighted by Crippen LogP contribution is 2.72. The van der Waals surface area contributed by atoms with Crippen LogP contribution in [0.4, 0.5) is 0 Å². The summed E-state index contributed by atoms with van der Waals surface area (Å²) in [6.07, 6.45) is 20.5. The molecule has 1 unspecified atom stereocenters. The van der Waals surface area contributed by atoms with E-state index in [-0.39, 0.29) is 23.5 Å². The first kappa shape index (κ1) is 31.8. The van der Waals surface area contributed by atoms with Crippen LogP contribution in [0.1, 0.15) is 107 Å². The number of allylic oxidation sites excluding steroid dienone is 2. The van der Waals surface area contributed by atoms with Gasteiger partial charge in [-0.15, -0.1) is 0 Å². The Hall–Kier alpha value is -1.20. The van der Waals surface area contributed by atoms with E-state index in [2.05, 4.69) is 56.0 Å². The quantitative estimate of drug-likeness (QED) is 0.300. The minimum absolute atomic E-state index is 0.172. The molecule has 9 rings (SSSR count). The van der Waals surface area contributed by atoms with Gasteiger partial charge in [0.05, 0.1) is 17.8 Å². The molecule has 2 aliphatic heterocycles. The van der Waals surface area contributed by atoms with Gasteiger partial charge < -0.3 is 15.3 Å². The van der Waals surface area contributed by atoms with Crippen molar-refractivity contribution in [3.63, 3.8) is 0 Å². The van der Waals surface area contributed by atoms with Crippen molar-refractivity contribution in [3.05, 3.63) is 47.0 Å². The molecular weight excluding hydrogens is 578 g/mol. The van der Waals surface area contributed by atoms with Crippen LogP contribution in [0.5, 0.6) is 0 Å². The maximum absolute atomic E-state index is 13.7. The molecule has 2 saturated heterocycles. The van der Waals surface area contributed by atoms with Gasteiger partial charge in [0.2, 0.25) is 0 Å². The fourth-order valence-electron chi connectivity index (χ4n) is 15.4. The van der Waals surface area contributed by atoms with Crippen molar-refractivity contribution in [2.75, 3.05) is 13.1 Å². The van der Waals surface area contributed by atoms with Crippen molar-refractivity contribution in [1.82, 2.24) is 4.90 Å². The average molecular weight is 642 g/mol. The van der Waals surface area contributed by atoms with Crippen molar-refractivity contribution >= 4 is 0 Å². The van der Waals surface area contributed by atoms with Crippen molar-refractivity contribution in [3.8, 4) is 0 Å². The van der Waals surface area contributed by atoms with Crippen molar-refractivity contribution in [2.45, 2.75) is 135 Å². The Labute approximate surface area is 284 Å². The standard InChI is InChI=1S/C43H63NO3/c1-25-9-12-39-43(47,30-7-4-6-28(20-30)19-29-17-26(2)16-27(3)18-29)36-11-10-32-34-22-38(46)37-21-31(45)13-15-42(37)14-5-8-33(41(34)42)40(32)35(36)24-44(39)23-25/h5,8,16-18,25,28,30-41,45-47H,4,6-7,9-15,19-24H2,1-3H3/t25-,28+,30-,31-,32+,33?,34+,35+,36+,37-,38-,39-,40+,41-,42+,43+/m0/s1. The summed E-state index contributed by atoms with van der Waals surface area (Å²) >= 11 is 0. The third-order valence-electron chi connectivity index (χ3n) is 16.6. The first-order valence-electron chi connectivity index (χ1n) is 20.2. The predicted octanol–water partition coefficient (Wildman–Crippen LogP) is 7.49. The Balaban J connectivity index is 1.05. The highest BCUT2D eigenvalue weighted by molar-refractivity contribution is 5.29. The minimum atomic E-state index is -0.587. The predicted molar refractivity (Wildman–Crippen MR) is 188 cm³/mol. The molecule has 5 saturated carbocycles. The van der Waals surface area contributed by atoms with Crippen molar-refractivity contribution < 1.29 is 15.3 Å². The number of hydrogen-bond acceptors (Lipinski definition) is 4. The van der Waals surface area contributed by atoms with Gasteiger partial charge in [0.15, 0.2) is 0 Å². The first-order valence-corrected chi connectivity index (χ1v) is 20.2. The molecule has 1 aromatic carbocycles. The second kappa shape index (κ2) is 11.7. The van der Waals surface area contributed by atoms with Crippen LogP contribution in [-0.4, -0.2) is 57.2 Å². The van der Waals surface area contributed by atoms with Crippen LogP contribution in [0.15, 0.2) is 30.4 Å². The van der Waals surface area contributed by atoms with Crippen LogP contribution >= 0.6 is 0 Å². The largest absolute Gasteiger partial charge is 0.393 e. The van der Waals surface area contributed by atoms with E-state index in [1.165, 1.54) is 74.6 Å². The van der Waals surface area contributed by atoms with Crippen molar-refractivity contribution in [2.24, 2.45) is 70.5 Å². The third kappa shape index (κ3) is 4.87. The summed E-state index contributed by atoms with van der Waals surface area (Å²) in [6.45, 7) is 9.26. The number of aliphatic hydroxyl groups is 3. The van der Waals surface area contributed by atoms with Gasteiger partial charge in [-0.2, -0.15) is 0 Å². The highest BCUT2D eigenvalue weighted by Gasteiger charge is 2.70.